The van der Waals surface area contributed by atoms with Crippen LogP contribution in [0.15, 0.2) is 0 Å². The molecule has 0 radical (unpaired) electrons. The van der Waals surface area contributed by atoms with Crippen LogP contribution in [0.5, 0.6) is 0 Å². The zero-order chi connectivity index (χ0) is 20.0. The molecule has 0 nitrogen and oxygen atoms in total. The quantitative estimate of drug-likeness (QED) is 0.453. The highest BCUT2D eigenvalue weighted by Crippen LogP contribution is 2.37. The average Bonchev–Trinajstić information content (AvgIpc) is 2.29. The summed E-state index contributed by atoms with van der Waals surface area (Å²) in [5, 5.41) is 0. The fraction of sp³-hybridized carbons (Fsp3) is 1.00. The van der Waals surface area contributed by atoms with Crippen LogP contribution >= 0.6 is 0 Å². The summed E-state index contributed by atoms with van der Waals surface area (Å²) in [5.74, 6) is -4.16. The largest absolute Gasteiger partial charge is 0.392 e. The van der Waals surface area contributed by atoms with Crippen LogP contribution in [0.2, 0.25) is 0 Å². The van der Waals surface area contributed by atoms with Gasteiger partial charge in [0.15, 0.2) is 0 Å². The molecule has 2 unspecified atom stereocenters. The lowest BCUT2D eigenvalue weighted by molar-refractivity contribution is -0.219. The van der Waals surface area contributed by atoms with Crippen LogP contribution < -0.4 is 0 Å². The van der Waals surface area contributed by atoms with Crippen molar-refractivity contribution in [1.82, 2.24) is 0 Å². The first kappa shape index (κ1) is 25.4. The lowest BCUT2D eigenvalue weighted by Crippen LogP contribution is -2.27. The molecule has 0 aromatic heterocycles. The second kappa shape index (κ2) is 9.02. The van der Waals surface area contributed by atoms with Crippen molar-refractivity contribution in [3.05, 3.63) is 0 Å². The number of alkyl halides is 12. The molecule has 0 bridgehead atoms. The maximum atomic E-state index is 11.8. The average molecular weight is 388 g/mol. The molecule has 24 heavy (non-hydrogen) atoms. The summed E-state index contributed by atoms with van der Waals surface area (Å²) in [7, 11) is 0. The number of halogens is 12. The third-order valence-electron chi connectivity index (χ3n) is 2.85. The first-order valence-electron chi connectivity index (χ1n) is 6.56. The van der Waals surface area contributed by atoms with Gasteiger partial charge < -0.3 is 0 Å². The summed E-state index contributed by atoms with van der Waals surface area (Å²) in [6.07, 6.45) is -23.1. The summed E-state index contributed by atoms with van der Waals surface area (Å²) in [6.45, 7) is 1.83. The van der Waals surface area contributed by atoms with Crippen LogP contribution in [0.25, 0.3) is 0 Å². The lowest BCUT2D eigenvalue weighted by Gasteiger charge is -2.19. The SMILES string of the molecule is CC(CCC(F)(F)F)C(F)(F)F.CCC(CC(F)(F)F)C(F)(F)F. The zero-order valence-electron chi connectivity index (χ0n) is 12.5. The molecular weight excluding hydrogens is 372 g/mol. The fourth-order valence-corrected chi connectivity index (χ4v) is 1.31. The number of rotatable bonds is 4. The summed E-state index contributed by atoms with van der Waals surface area (Å²) in [5.41, 5.74) is 0. The Balaban J connectivity index is 0. The molecule has 0 saturated heterocycles. The van der Waals surface area contributed by atoms with E-state index in [4.69, 9.17) is 0 Å². The van der Waals surface area contributed by atoms with Crippen molar-refractivity contribution in [2.45, 2.75) is 64.2 Å². The highest BCUT2D eigenvalue weighted by atomic mass is 19.4. The van der Waals surface area contributed by atoms with Crippen molar-refractivity contribution in [3.63, 3.8) is 0 Å². The van der Waals surface area contributed by atoms with Gasteiger partial charge in [0.05, 0.1) is 18.3 Å². The molecule has 0 N–H and O–H groups in total. The topological polar surface area (TPSA) is 0 Å². The fourth-order valence-electron chi connectivity index (χ4n) is 1.31. The maximum absolute atomic E-state index is 11.8. The van der Waals surface area contributed by atoms with Crippen LogP contribution in [0.4, 0.5) is 52.7 Å². The lowest BCUT2D eigenvalue weighted by atomic mass is 10.0. The molecule has 0 amide bonds. The van der Waals surface area contributed by atoms with Gasteiger partial charge in [-0.1, -0.05) is 13.8 Å². The minimum absolute atomic E-state index is 0.539. The van der Waals surface area contributed by atoms with Gasteiger partial charge in [0.2, 0.25) is 0 Å². The minimum atomic E-state index is -4.75. The molecule has 0 aromatic carbocycles. The Labute approximate surface area is 130 Å². The van der Waals surface area contributed by atoms with Gasteiger partial charge in [-0.3, -0.25) is 0 Å². The monoisotopic (exact) mass is 388 g/mol. The van der Waals surface area contributed by atoms with E-state index in [1.165, 1.54) is 0 Å². The van der Waals surface area contributed by atoms with Crippen LogP contribution in [-0.2, 0) is 0 Å². The van der Waals surface area contributed by atoms with E-state index in [9.17, 15) is 52.7 Å². The predicted octanol–water partition coefficient (Wildman–Crippen LogP) is 7.05. The second-order valence-corrected chi connectivity index (χ2v) is 5.06. The molecule has 0 heterocycles. The van der Waals surface area contributed by atoms with Gasteiger partial charge >= 0.3 is 24.7 Å². The Hall–Kier alpha value is -0.840. The molecule has 12 heteroatoms. The Morgan fingerprint density at radius 3 is 1.25 bits per heavy atom. The van der Waals surface area contributed by atoms with E-state index in [-0.39, 0.29) is 0 Å². The third kappa shape index (κ3) is 14.7. The molecular formula is C12H16F12. The van der Waals surface area contributed by atoms with Crippen molar-refractivity contribution >= 4 is 0 Å². The van der Waals surface area contributed by atoms with Crippen molar-refractivity contribution < 1.29 is 52.7 Å². The van der Waals surface area contributed by atoms with Crippen molar-refractivity contribution in [2.24, 2.45) is 11.8 Å². The molecule has 2 atom stereocenters. The first-order chi connectivity index (χ1) is 10.3. The normalized spacial score (nSPS) is 16.2. The molecule has 0 spiro atoms. The van der Waals surface area contributed by atoms with Crippen molar-refractivity contribution in [2.75, 3.05) is 0 Å². The van der Waals surface area contributed by atoms with Gasteiger partial charge in [-0.15, -0.1) is 0 Å². The molecule has 0 aliphatic rings. The van der Waals surface area contributed by atoms with E-state index >= 15 is 0 Å². The molecule has 148 valence electrons. The van der Waals surface area contributed by atoms with E-state index in [0.717, 1.165) is 13.8 Å². The van der Waals surface area contributed by atoms with E-state index in [1.807, 2.05) is 0 Å². The second-order valence-electron chi connectivity index (χ2n) is 5.06. The summed E-state index contributed by atoms with van der Waals surface area (Å²) >= 11 is 0. The molecule has 0 aliphatic carbocycles. The van der Waals surface area contributed by atoms with Crippen molar-refractivity contribution in [1.29, 1.82) is 0 Å². The van der Waals surface area contributed by atoms with Crippen molar-refractivity contribution in [3.8, 4) is 0 Å². The van der Waals surface area contributed by atoms with Gasteiger partial charge in [-0.2, -0.15) is 52.7 Å². The number of hydrogen-bond acceptors (Lipinski definition) is 0. The van der Waals surface area contributed by atoms with E-state index < -0.39 is 62.2 Å². The van der Waals surface area contributed by atoms with E-state index in [0.29, 0.717) is 0 Å². The van der Waals surface area contributed by atoms with E-state index in [1.54, 1.807) is 0 Å². The van der Waals surface area contributed by atoms with Crippen LogP contribution in [-0.4, -0.2) is 24.7 Å². The van der Waals surface area contributed by atoms with E-state index in [2.05, 4.69) is 0 Å². The molecule has 0 fully saturated rings. The molecule has 0 aliphatic heterocycles. The Morgan fingerprint density at radius 1 is 0.667 bits per heavy atom. The summed E-state index contributed by atoms with van der Waals surface area (Å²) in [6, 6.07) is 0. The Bertz CT molecular complexity index is 332. The number of hydrogen-bond donors (Lipinski definition) is 0. The van der Waals surface area contributed by atoms with Gasteiger partial charge in [0.25, 0.3) is 0 Å². The first-order valence-corrected chi connectivity index (χ1v) is 6.56. The molecule has 0 rings (SSSR count). The predicted molar refractivity (Wildman–Crippen MR) is 61.0 cm³/mol. The zero-order valence-corrected chi connectivity index (χ0v) is 12.5. The summed E-state index contributed by atoms with van der Waals surface area (Å²) < 4.78 is 139. The highest BCUT2D eigenvalue weighted by Gasteiger charge is 2.45. The van der Waals surface area contributed by atoms with Crippen LogP contribution in [0.3, 0.4) is 0 Å². The highest BCUT2D eigenvalue weighted by molar-refractivity contribution is 4.69. The Kier molecular flexibility index (Phi) is 9.55. The maximum Gasteiger partial charge on any atom is 0.392 e. The van der Waals surface area contributed by atoms with Gasteiger partial charge in [0.1, 0.15) is 0 Å². The summed E-state index contributed by atoms with van der Waals surface area (Å²) in [4.78, 5) is 0. The van der Waals surface area contributed by atoms with Gasteiger partial charge in [-0.25, -0.2) is 0 Å². The minimum Gasteiger partial charge on any atom is -0.171 e. The smallest absolute Gasteiger partial charge is 0.171 e. The Morgan fingerprint density at radius 2 is 1.08 bits per heavy atom. The van der Waals surface area contributed by atoms with Crippen LogP contribution in [0, 0.1) is 11.8 Å². The van der Waals surface area contributed by atoms with Gasteiger partial charge in [-0.05, 0) is 12.8 Å². The molecule has 0 saturated carbocycles. The standard InChI is InChI=1S/2C6H8F6/c1-4(6(10,11)12)2-3-5(7,8)9;1-2-4(6(10,11)12)3-5(7,8)9/h2*4H,2-3H2,1H3. The third-order valence-corrected chi connectivity index (χ3v) is 2.85. The van der Waals surface area contributed by atoms with Gasteiger partial charge in [0, 0.05) is 6.42 Å². The molecule has 0 aromatic rings. The van der Waals surface area contributed by atoms with Crippen LogP contribution in [0.1, 0.15) is 39.5 Å².